The van der Waals surface area contributed by atoms with Gasteiger partial charge >= 0.3 is 0 Å². The molecule has 0 saturated carbocycles. The lowest BCUT2D eigenvalue weighted by Crippen LogP contribution is -2.12. The molecule has 2 aromatic rings. The van der Waals surface area contributed by atoms with E-state index in [-0.39, 0.29) is 5.91 Å². The minimum Gasteiger partial charge on any atom is -0.321 e. The first-order chi connectivity index (χ1) is 8.08. The Morgan fingerprint density at radius 1 is 1.41 bits per heavy atom. The van der Waals surface area contributed by atoms with Gasteiger partial charge in [-0.25, -0.2) is 0 Å². The smallest absolute Gasteiger partial charge is 0.259 e. The lowest BCUT2D eigenvalue weighted by Gasteiger charge is -2.07. The van der Waals surface area contributed by atoms with Crippen molar-refractivity contribution < 1.29 is 4.79 Å². The van der Waals surface area contributed by atoms with E-state index in [1.54, 1.807) is 6.92 Å². The maximum Gasteiger partial charge on any atom is 0.259 e. The molecule has 2 rings (SSSR count). The number of carbonyl (C=O) groups excluding carboxylic acids is 1. The minimum atomic E-state index is -0.185. The maximum absolute atomic E-state index is 12.0. The lowest BCUT2D eigenvalue weighted by molar-refractivity contribution is 0.102. The predicted octanol–water partition coefficient (Wildman–Crippen LogP) is 3.50. The highest BCUT2D eigenvalue weighted by molar-refractivity contribution is 9.11. The van der Waals surface area contributed by atoms with Gasteiger partial charge in [0, 0.05) is 14.6 Å². The Kier molecular flexibility index (Phi) is 3.63. The fraction of sp³-hybridized carbons (Fsp3) is 0.0909. The highest BCUT2D eigenvalue weighted by Gasteiger charge is 2.12. The second kappa shape index (κ2) is 5.01. The molecular formula is C11H9Br2N3O. The number of rotatable bonds is 2. The van der Waals surface area contributed by atoms with Crippen molar-refractivity contribution in [3.8, 4) is 0 Å². The average molecular weight is 359 g/mol. The number of anilines is 1. The zero-order chi connectivity index (χ0) is 12.4. The van der Waals surface area contributed by atoms with E-state index >= 15 is 0 Å². The fourth-order valence-corrected chi connectivity index (χ4v) is 2.07. The van der Waals surface area contributed by atoms with Crippen molar-refractivity contribution in [3.63, 3.8) is 0 Å². The first-order valence-electron chi connectivity index (χ1n) is 4.84. The molecule has 1 aromatic heterocycles. The van der Waals surface area contributed by atoms with E-state index in [1.165, 1.54) is 6.20 Å². The Hall–Kier alpha value is -1.14. The summed E-state index contributed by atoms with van der Waals surface area (Å²) in [5.41, 5.74) is 2.00. The first kappa shape index (κ1) is 12.3. The Balaban J connectivity index is 2.24. The topological polar surface area (TPSA) is 57.8 Å². The maximum atomic E-state index is 12.0. The normalized spacial score (nSPS) is 10.3. The van der Waals surface area contributed by atoms with Crippen molar-refractivity contribution in [1.29, 1.82) is 0 Å². The molecule has 1 heterocycles. The molecule has 17 heavy (non-hydrogen) atoms. The molecule has 2 N–H and O–H groups in total. The quantitative estimate of drug-likeness (QED) is 0.863. The zero-order valence-corrected chi connectivity index (χ0v) is 12.1. The summed E-state index contributed by atoms with van der Waals surface area (Å²) in [6.07, 6.45) is 1.51. The Morgan fingerprint density at radius 2 is 2.18 bits per heavy atom. The molecule has 0 aliphatic carbocycles. The predicted molar refractivity (Wildman–Crippen MR) is 73.1 cm³/mol. The van der Waals surface area contributed by atoms with Gasteiger partial charge in [-0.3, -0.25) is 9.89 Å². The standard InChI is InChI=1S/C11H9Br2N3O/c1-6-8(5-14-16-6)11(17)15-10-4-7(12)2-3-9(10)13/h2-5H,1H3,(H,14,16)(H,15,17). The number of benzene rings is 1. The van der Waals surface area contributed by atoms with Crippen molar-refractivity contribution >= 4 is 43.5 Å². The number of aryl methyl sites for hydroxylation is 1. The molecule has 0 bridgehead atoms. The van der Waals surface area contributed by atoms with Crippen molar-refractivity contribution in [2.24, 2.45) is 0 Å². The molecule has 0 saturated heterocycles. The van der Waals surface area contributed by atoms with Gasteiger partial charge in [-0.2, -0.15) is 5.10 Å². The molecule has 0 radical (unpaired) electrons. The number of halogens is 2. The van der Waals surface area contributed by atoms with E-state index in [0.717, 1.165) is 14.6 Å². The van der Waals surface area contributed by atoms with Gasteiger partial charge in [-0.1, -0.05) is 15.9 Å². The highest BCUT2D eigenvalue weighted by Crippen LogP contribution is 2.26. The number of aromatic amines is 1. The minimum absolute atomic E-state index is 0.185. The summed E-state index contributed by atoms with van der Waals surface area (Å²) in [6, 6.07) is 5.59. The van der Waals surface area contributed by atoms with Crippen LogP contribution in [0.4, 0.5) is 5.69 Å². The van der Waals surface area contributed by atoms with Crippen molar-refractivity contribution in [2.75, 3.05) is 5.32 Å². The third-order valence-electron chi connectivity index (χ3n) is 2.25. The van der Waals surface area contributed by atoms with Gasteiger partial charge in [0.25, 0.3) is 5.91 Å². The van der Waals surface area contributed by atoms with Gasteiger partial charge in [-0.05, 0) is 41.1 Å². The third kappa shape index (κ3) is 2.76. The third-order valence-corrected chi connectivity index (χ3v) is 3.44. The van der Waals surface area contributed by atoms with Crippen LogP contribution < -0.4 is 5.32 Å². The summed E-state index contributed by atoms with van der Waals surface area (Å²) >= 11 is 6.74. The second-order valence-corrected chi connectivity index (χ2v) is 5.26. The van der Waals surface area contributed by atoms with E-state index in [0.29, 0.717) is 11.3 Å². The molecule has 0 spiro atoms. The molecule has 0 atom stereocenters. The van der Waals surface area contributed by atoms with Crippen LogP contribution in [0.5, 0.6) is 0 Å². The lowest BCUT2D eigenvalue weighted by atomic mass is 10.2. The van der Waals surface area contributed by atoms with Crippen LogP contribution in [0.15, 0.2) is 33.3 Å². The SMILES string of the molecule is Cc1[nH]ncc1C(=O)Nc1cc(Br)ccc1Br. The molecule has 1 aromatic carbocycles. The number of hydrogen-bond acceptors (Lipinski definition) is 2. The Labute approximate surface area is 115 Å². The van der Waals surface area contributed by atoms with E-state index in [2.05, 4.69) is 47.4 Å². The van der Waals surface area contributed by atoms with Gasteiger partial charge in [0.15, 0.2) is 0 Å². The molecule has 0 fully saturated rings. The van der Waals surface area contributed by atoms with Crippen molar-refractivity contribution in [1.82, 2.24) is 10.2 Å². The molecule has 0 aliphatic rings. The fourth-order valence-electron chi connectivity index (χ4n) is 1.36. The van der Waals surface area contributed by atoms with E-state index in [4.69, 9.17) is 0 Å². The van der Waals surface area contributed by atoms with E-state index in [9.17, 15) is 4.79 Å². The number of nitrogens with one attached hydrogen (secondary N) is 2. The van der Waals surface area contributed by atoms with Crippen LogP contribution in [-0.4, -0.2) is 16.1 Å². The van der Waals surface area contributed by atoms with Crippen LogP contribution >= 0.6 is 31.9 Å². The van der Waals surface area contributed by atoms with Gasteiger partial charge in [0.1, 0.15) is 0 Å². The number of aromatic nitrogens is 2. The van der Waals surface area contributed by atoms with Crippen LogP contribution in [0.1, 0.15) is 16.1 Å². The summed E-state index contributed by atoms with van der Waals surface area (Å²) in [7, 11) is 0. The second-order valence-electron chi connectivity index (χ2n) is 3.49. The summed E-state index contributed by atoms with van der Waals surface area (Å²) in [4.78, 5) is 12.0. The van der Waals surface area contributed by atoms with Gasteiger partial charge in [0.05, 0.1) is 17.4 Å². The number of amides is 1. The summed E-state index contributed by atoms with van der Waals surface area (Å²) < 4.78 is 1.73. The van der Waals surface area contributed by atoms with Crippen molar-refractivity contribution in [2.45, 2.75) is 6.92 Å². The van der Waals surface area contributed by atoms with E-state index < -0.39 is 0 Å². The van der Waals surface area contributed by atoms with Crippen LogP contribution in [0.25, 0.3) is 0 Å². The summed E-state index contributed by atoms with van der Waals surface area (Å²) in [5.74, 6) is -0.185. The van der Waals surface area contributed by atoms with E-state index in [1.807, 2.05) is 18.2 Å². The number of nitrogens with zero attached hydrogens (tertiary/aromatic N) is 1. The van der Waals surface area contributed by atoms with Gasteiger partial charge in [0.2, 0.25) is 0 Å². The Bertz CT molecular complexity index is 566. The molecule has 4 nitrogen and oxygen atoms in total. The highest BCUT2D eigenvalue weighted by atomic mass is 79.9. The van der Waals surface area contributed by atoms with Crippen LogP contribution in [0, 0.1) is 6.92 Å². The average Bonchev–Trinajstić information content (AvgIpc) is 2.70. The van der Waals surface area contributed by atoms with Gasteiger partial charge in [-0.15, -0.1) is 0 Å². The van der Waals surface area contributed by atoms with Crippen LogP contribution in [-0.2, 0) is 0 Å². The van der Waals surface area contributed by atoms with Crippen molar-refractivity contribution in [3.05, 3.63) is 44.6 Å². The zero-order valence-electron chi connectivity index (χ0n) is 8.92. The van der Waals surface area contributed by atoms with Crippen LogP contribution in [0.3, 0.4) is 0 Å². The number of hydrogen-bond donors (Lipinski definition) is 2. The largest absolute Gasteiger partial charge is 0.321 e. The molecule has 0 unspecified atom stereocenters. The number of carbonyl (C=O) groups is 1. The molecular weight excluding hydrogens is 350 g/mol. The first-order valence-corrected chi connectivity index (χ1v) is 6.43. The monoisotopic (exact) mass is 357 g/mol. The van der Waals surface area contributed by atoms with Crippen LogP contribution in [0.2, 0.25) is 0 Å². The molecule has 6 heteroatoms. The molecule has 1 amide bonds. The molecule has 0 aliphatic heterocycles. The Morgan fingerprint density at radius 3 is 2.82 bits per heavy atom. The number of H-pyrrole nitrogens is 1. The summed E-state index contributed by atoms with van der Waals surface area (Å²) in [5, 5.41) is 9.37. The van der Waals surface area contributed by atoms with Gasteiger partial charge < -0.3 is 5.32 Å². The summed E-state index contributed by atoms with van der Waals surface area (Å²) in [6.45, 7) is 1.80. The molecule has 88 valence electrons.